The Kier molecular flexibility index (Phi) is 14.3. The second-order valence-electron chi connectivity index (χ2n) is 17.4. The quantitative estimate of drug-likeness (QED) is 0.0548. The van der Waals surface area contributed by atoms with Crippen LogP contribution < -0.4 is 36.5 Å². The summed E-state index contributed by atoms with van der Waals surface area (Å²) in [6.45, 7) is -9.81. The fourth-order valence-electron chi connectivity index (χ4n) is 9.86. The predicted octanol–water partition coefficient (Wildman–Crippen LogP) is 14.7. The number of rotatable bonds is 16. The van der Waals surface area contributed by atoms with E-state index in [1.165, 1.54) is 0 Å². The molecule has 0 spiro atoms. The van der Waals surface area contributed by atoms with E-state index in [0.717, 1.165) is 0 Å². The van der Waals surface area contributed by atoms with E-state index in [1.54, 1.807) is 12.1 Å². The number of benzene rings is 9. The van der Waals surface area contributed by atoms with Crippen molar-refractivity contribution in [2.24, 2.45) is 0 Å². The minimum atomic E-state index is -5.22. The van der Waals surface area contributed by atoms with E-state index in [4.69, 9.17) is 36.7 Å². The maximum atomic E-state index is 14.9. The molecular weight excluding hydrogens is 1000 g/mol. The van der Waals surface area contributed by atoms with Crippen LogP contribution in [0.2, 0.25) is 10.0 Å². The molecule has 9 aromatic carbocycles. The summed E-state index contributed by atoms with van der Waals surface area (Å²) in [5, 5.41) is 4.73. The predicted molar refractivity (Wildman–Crippen MR) is 286 cm³/mol. The summed E-state index contributed by atoms with van der Waals surface area (Å²) >= 11 is 13.6. The van der Waals surface area contributed by atoms with Crippen LogP contribution in [-0.4, -0.2) is 7.32 Å². The molecule has 14 heteroatoms. The molecule has 0 bridgehead atoms. The molecule has 0 fully saturated rings. The fourth-order valence-corrected chi connectivity index (χ4v) is 21.7. The van der Waals surface area contributed by atoms with Crippen molar-refractivity contribution in [3.63, 3.8) is 0 Å². The van der Waals surface area contributed by atoms with E-state index in [9.17, 15) is 26.3 Å². The Balaban J connectivity index is 1.48. The van der Waals surface area contributed by atoms with Gasteiger partial charge in [0.1, 0.15) is 0 Å². The van der Waals surface area contributed by atoms with E-state index < -0.39 is 50.2 Å². The molecule has 9 aromatic rings. The summed E-state index contributed by atoms with van der Waals surface area (Å²) in [5.41, 5.74) is -1.75. The van der Waals surface area contributed by atoms with Crippen LogP contribution in [0.15, 0.2) is 249 Å². The average molecular weight is 1050 g/mol. The third-order valence-electron chi connectivity index (χ3n) is 13.0. The summed E-state index contributed by atoms with van der Waals surface area (Å²) in [6, 6.07) is 72.2. The van der Waals surface area contributed by atoms with E-state index in [2.05, 4.69) is 0 Å². The number of alkyl halides is 6. The molecule has 0 unspecified atom stereocenters. The van der Waals surface area contributed by atoms with Gasteiger partial charge in [0, 0.05) is 0 Å². The van der Waals surface area contributed by atoms with Crippen molar-refractivity contribution in [2.75, 3.05) is 0 Å². The zero-order chi connectivity index (χ0) is 50.5. The van der Waals surface area contributed by atoms with Gasteiger partial charge in [0.05, 0.1) is 0 Å². The van der Waals surface area contributed by atoms with E-state index in [-0.39, 0.29) is 18.4 Å². The number of hydrogen-bond donors (Lipinski definition) is 0. The van der Waals surface area contributed by atoms with Crippen LogP contribution in [0.4, 0.5) is 26.3 Å². The molecule has 0 N–H and O–H groups in total. The van der Waals surface area contributed by atoms with Crippen LogP contribution in [0.3, 0.4) is 0 Å². The molecule has 0 aromatic heterocycles. The Hall–Kier alpha value is -6.22. The van der Waals surface area contributed by atoms with Crippen LogP contribution in [0.1, 0.15) is 22.3 Å². The molecule has 0 radical (unpaired) electrons. The molecule has 0 amide bonds. The molecule has 72 heavy (non-hydrogen) atoms. The molecule has 0 saturated heterocycles. The molecule has 0 aliphatic rings. The van der Waals surface area contributed by atoms with Gasteiger partial charge >= 0.3 is 427 Å². The first-order valence-corrected chi connectivity index (χ1v) is 28.2. The first-order valence-electron chi connectivity index (χ1n) is 22.8. The third kappa shape index (κ3) is 9.61. The zero-order valence-corrected chi connectivity index (χ0v) is 41.6. The van der Waals surface area contributed by atoms with Gasteiger partial charge in [0.25, 0.3) is 0 Å². The number of halogens is 8. The van der Waals surface area contributed by atoms with E-state index >= 15 is 0 Å². The normalized spacial score (nSPS) is 13.3. The Labute approximate surface area is 425 Å². The molecule has 0 atom stereocenters. The molecular formula is C58H45BCl2F6O3P2. The maximum absolute atomic E-state index is 14.9. The first kappa shape index (κ1) is 50.7. The molecule has 0 aliphatic carbocycles. The summed E-state index contributed by atoms with van der Waals surface area (Å²) in [4.78, 5) is 0. The van der Waals surface area contributed by atoms with Crippen molar-refractivity contribution in [3.8, 4) is 5.75 Å². The standard InChI is InChI=1S/C58H45BCl2F6O3P2/c60-48-23-19-21-44(37-48)42-71(51-25-7-1-8-26-51,52-27-9-2-10-28-52,53-29-11-3-12-30-53)69-59(68-50-40-46(57(62,63)64)39-47(41-50)58(65,66)67)70-72(54-31-13-4-14-32-54,55-33-15-5-16-34-55,56-35-17-6-18-36-56)43-45-22-20-24-49(61)38-45/h1-41H,42-43H2. The van der Waals surface area contributed by atoms with Gasteiger partial charge in [0.15, 0.2) is 0 Å². The summed E-state index contributed by atoms with van der Waals surface area (Å²) in [7, 11) is -2.13. The molecule has 364 valence electrons. The average Bonchev–Trinajstić information content (AvgIpc) is 3.39. The number of hydrogen-bond acceptors (Lipinski definition) is 3. The van der Waals surface area contributed by atoms with Gasteiger partial charge in [-0.25, -0.2) is 0 Å². The molecule has 0 saturated carbocycles. The van der Waals surface area contributed by atoms with E-state index in [1.807, 2.05) is 218 Å². The van der Waals surface area contributed by atoms with Crippen LogP contribution in [0.5, 0.6) is 5.75 Å². The Morgan fingerprint density at radius 3 is 0.875 bits per heavy atom. The topological polar surface area (TPSA) is 27.7 Å². The van der Waals surface area contributed by atoms with Crippen molar-refractivity contribution in [2.45, 2.75) is 24.7 Å². The fraction of sp³-hybridized carbons (Fsp3) is 0.0690. The Bertz CT molecular complexity index is 2860. The second kappa shape index (κ2) is 20.4. The van der Waals surface area contributed by atoms with Gasteiger partial charge in [-0.1, -0.05) is 0 Å². The summed E-state index contributed by atoms with van der Waals surface area (Å²) in [5.74, 6) is -0.802. The third-order valence-corrected chi connectivity index (χ3v) is 25.0. The molecule has 0 heterocycles. The Morgan fingerprint density at radius 2 is 0.625 bits per heavy atom. The molecule has 3 nitrogen and oxygen atoms in total. The van der Waals surface area contributed by atoms with Crippen molar-refractivity contribution in [1.29, 1.82) is 0 Å². The Morgan fingerprint density at radius 1 is 0.347 bits per heavy atom. The zero-order valence-electron chi connectivity index (χ0n) is 38.3. The van der Waals surface area contributed by atoms with Gasteiger partial charge in [-0.05, 0) is 0 Å². The SMILES string of the molecule is FC(F)(F)c1cc(OB(OP(Cc2cccc(Cl)c2)(c2ccccc2)(c2ccccc2)c2ccccc2)OP(Cc2cccc(Cl)c2)(c2ccccc2)(c2ccccc2)c2ccccc2)cc(C(F)(F)F)c1. The minimum absolute atomic E-state index is 0.0655. The van der Waals surface area contributed by atoms with E-state index in [0.29, 0.717) is 65.1 Å². The first-order chi connectivity index (χ1) is 34.6. The van der Waals surface area contributed by atoms with Crippen LogP contribution in [0, 0.1) is 0 Å². The van der Waals surface area contributed by atoms with Crippen molar-refractivity contribution in [1.82, 2.24) is 0 Å². The van der Waals surface area contributed by atoms with Gasteiger partial charge in [0.2, 0.25) is 0 Å². The molecule has 0 aliphatic heterocycles. The summed E-state index contributed by atoms with van der Waals surface area (Å²) in [6.07, 6.45) is -10.3. The van der Waals surface area contributed by atoms with Gasteiger partial charge in [-0.2, -0.15) is 0 Å². The summed E-state index contributed by atoms with van der Waals surface area (Å²) < 4.78 is 113. The van der Waals surface area contributed by atoms with Crippen LogP contribution in [-0.2, 0) is 33.6 Å². The van der Waals surface area contributed by atoms with Crippen molar-refractivity contribution in [3.05, 3.63) is 281 Å². The van der Waals surface area contributed by atoms with Gasteiger partial charge in [-0.15, -0.1) is 0 Å². The van der Waals surface area contributed by atoms with Crippen LogP contribution >= 0.6 is 36.9 Å². The monoisotopic (exact) mass is 1050 g/mol. The van der Waals surface area contributed by atoms with Crippen molar-refractivity contribution < 1.29 is 39.9 Å². The van der Waals surface area contributed by atoms with Gasteiger partial charge in [-0.3, -0.25) is 0 Å². The van der Waals surface area contributed by atoms with Crippen LogP contribution in [0.25, 0.3) is 0 Å². The second-order valence-corrected chi connectivity index (χ2v) is 27.2. The molecule has 9 rings (SSSR count). The van der Waals surface area contributed by atoms with Crippen molar-refractivity contribution >= 4 is 76.0 Å². The van der Waals surface area contributed by atoms with Gasteiger partial charge < -0.3 is 0 Å².